The van der Waals surface area contributed by atoms with Crippen molar-refractivity contribution in [3.05, 3.63) is 42.1 Å². The van der Waals surface area contributed by atoms with Crippen LogP contribution in [0.4, 0.5) is 0 Å². The third-order valence-electron chi connectivity index (χ3n) is 6.07. The molecule has 1 aromatic heterocycles. The van der Waals surface area contributed by atoms with E-state index in [0.29, 0.717) is 18.7 Å². The van der Waals surface area contributed by atoms with E-state index in [1.807, 2.05) is 42.2 Å². The summed E-state index contributed by atoms with van der Waals surface area (Å²) in [5, 5.41) is 0.979. The first-order chi connectivity index (χ1) is 13.7. The van der Waals surface area contributed by atoms with E-state index in [0.717, 1.165) is 30.2 Å². The Labute approximate surface area is 166 Å². The molecule has 5 heteroatoms. The Hall–Kier alpha value is -2.43. The smallest absolute Gasteiger partial charge is 0.309 e. The first-order valence-electron chi connectivity index (χ1n) is 10.5. The highest BCUT2D eigenvalue weighted by Crippen LogP contribution is 2.41. The maximum atomic E-state index is 13.4. The number of aromatic nitrogens is 1. The molecule has 2 atom stereocenters. The molecule has 0 spiro atoms. The lowest BCUT2D eigenvalue weighted by atomic mass is 9.93. The molecule has 1 aromatic carbocycles. The van der Waals surface area contributed by atoms with E-state index in [-0.39, 0.29) is 29.8 Å². The molecule has 28 heavy (non-hydrogen) atoms. The van der Waals surface area contributed by atoms with Gasteiger partial charge >= 0.3 is 5.97 Å². The number of ether oxygens (including phenoxy) is 1. The van der Waals surface area contributed by atoms with Gasteiger partial charge in [0.2, 0.25) is 0 Å². The molecular weight excluding hydrogens is 352 g/mol. The molecule has 2 fully saturated rings. The van der Waals surface area contributed by atoms with Crippen molar-refractivity contribution in [2.45, 2.75) is 51.5 Å². The molecule has 4 rings (SSSR count). The summed E-state index contributed by atoms with van der Waals surface area (Å²) >= 11 is 0. The Morgan fingerprint density at radius 3 is 2.79 bits per heavy atom. The number of hydrogen-bond acceptors (Lipinski definition) is 4. The number of pyridine rings is 1. The quantitative estimate of drug-likeness (QED) is 0.705. The molecule has 1 heterocycles. The van der Waals surface area contributed by atoms with E-state index in [4.69, 9.17) is 4.74 Å². The van der Waals surface area contributed by atoms with Gasteiger partial charge in [0.05, 0.1) is 18.0 Å². The van der Waals surface area contributed by atoms with Crippen molar-refractivity contribution < 1.29 is 14.3 Å². The Bertz CT molecular complexity index is 860. The zero-order chi connectivity index (χ0) is 19.5. The summed E-state index contributed by atoms with van der Waals surface area (Å²) in [5.74, 6) is 0.152. The molecule has 0 radical (unpaired) electrons. The molecule has 2 aliphatic carbocycles. The minimum Gasteiger partial charge on any atom is -0.466 e. The third kappa shape index (κ3) is 4.03. The zero-order valence-electron chi connectivity index (χ0n) is 16.5. The standard InChI is InChI=1S/C23H28N2O3/c1-2-28-23(27)20-14-18(20)15-25(19-8-4-3-5-9-19)22(26)17-10-11-21-16(13-17)7-6-12-24-21/h6-7,10-13,18-20H,2-5,8-9,14-15H2,1H3. The minimum absolute atomic E-state index is 0.0420. The second-order valence-corrected chi connectivity index (χ2v) is 8.01. The van der Waals surface area contributed by atoms with Crippen molar-refractivity contribution in [3.63, 3.8) is 0 Å². The fourth-order valence-electron chi connectivity index (χ4n) is 4.40. The molecule has 0 bridgehead atoms. The lowest BCUT2D eigenvalue weighted by Gasteiger charge is -2.35. The summed E-state index contributed by atoms with van der Waals surface area (Å²) in [5.41, 5.74) is 1.60. The third-order valence-corrected chi connectivity index (χ3v) is 6.07. The lowest BCUT2D eigenvalue weighted by molar-refractivity contribution is -0.145. The van der Waals surface area contributed by atoms with Gasteiger partial charge in [-0.15, -0.1) is 0 Å². The fraction of sp³-hybridized carbons (Fsp3) is 0.522. The number of benzene rings is 1. The average molecular weight is 380 g/mol. The van der Waals surface area contributed by atoms with Gasteiger partial charge in [0.1, 0.15) is 0 Å². The molecule has 0 saturated heterocycles. The van der Waals surface area contributed by atoms with Crippen LogP contribution >= 0.6 is 0 Å². The van der Waals surface area contributed by atoms with Gasteiger partial charge in [-0.05, 0) is 56.4 Å². The molecule has 2 saturated carbocycles. The molecule has 2 unspecified atom stereocenters. The van der Waals surface area contributed by atoms with E-state index < -0.39 is 0 Å². The molecule has 0 N–H and O–H groups in total. The average Bonchev–Trinajstić information content (AvgIpc) is 3.51. The van der Waals surface area contributed by atoms with Crippen LogP contribution in [0.1, 0.15) is 55.8 Å². The first kappa shape index (κ1) is 18.9. The first-order valence-corrected chi connectivity index (χ1v) is 10.5. The highest BCUT2D eigenvalue weighted by Gasteiger charge is 2.46. The SMILES string of the molecule is CCOC(=O)C1CC1CN(C(=O)c1ccc2ncccc2c1)C1CCCCC1. The summed E-state index contributed by atoms with van der Waals surface area (Å²) < 4.78 is 5.17. The van der Waals surface area contributed by atoms with Crippen molar-refractivity contribution in [2.75, 3.05) is 13.2 Å². The number of hydrogen-bond donors (Lipinski definition) is 0. The second-order valence-electron chi connectivity index (χ2n) is 8.01. The van der Waals surface area contributed by atoms with Crippen LogP contribution in [-0.4, -0.2) is 41.0 Å². The van der Waals surface area contributed by atoms with Crippen LogP contribution in [0.3, 0.4) is 0 Å². The van der Waals surface area contributed by atoms with Crippen LogP contribution in [-0.2, 0) is 9.53 Å². The predicted octanol–water partition coefficient (Wildman–Crippen LogP) is 4.21. The fourth-order valence-corrected chi connectivity index (χ4v) is 4.40. The summed E-state index contributed by atoms with van der Waals surface area (Å²) in [4.78, 5) is 31.9. The maximum Gasteiger partial charge on any atom is 0.309 e. The molecule has 148 valence electrons. The Kier molecular flexibility index (Phi) is 5.60. The van der Waals surface area contributed by atoms with Gasteiger partial charge in [-0.3, -0.25) is 14.6 Å². The molecule has 0 aliphatic heterocycles. The van der Waals surface area contributed by atoms with Crippen LogP contribution in [0, 0.1) is 11.8 Å². The van der Waals surface area contributed by atoms with Crippen molar-refractivity contribution in [2.24, 2.45) is 11.8 Å². The van der Waals surface area contributed by atoms with Crippen LogP contribution in [0.2, 0.25) is 0 Å². The number of amides is 1. The van der Waals surface area contributed by atoms with E-state index in [1.54, 1.807) is 6.20 Å². The van der Waals surface area contributed by atoms with E-state index in [9.17, 15) is 9.59 Å². The van der Waals surface area contributed by atoms with E-state index >= 15 is 0 Å². The van der Waals surface area contributed by atoms with Gasteiger partial charge in [-0.1, -0.05) is 25.3 Å². The molecular formula is C23H28N2O3. The minimum atomic E-state index is -0.111. The summed E-state index contributed by atoms with van der Waals surface area (Å²) in [6, 6.07) is 9.89. The van der Waals surface area contributed by atoms with Crippen LogP contribution < -0.4 is 0 Å². The highest BCUT2D eigenvalue weighted by molar-refractivity contribution is 5.98. The molecule has 2 aliphatic rings. The van der Waals surface area contributed by atoms with Gasteiger partial charge in [0.25, 0.3) is 5.91 Å². The van der Waals surface area contributed by atoms with E-state index in [2.05, 4.69) is 4.98 Å². The summed E-state index contributed by atoms with van der Waals surface area (Å²) in [6.45, 7) is 2.90. The largest absolute Gasteiger partial charge is 0.466 e. The summed E-state index contributed by atoms with van der Waals surface area (Å²) in [7, 11) is 0. The lowest BCUT2D eigenvalue weighted by Crippen LogP contribution is -2.43. The number of fused-ring (bicyclic) bond motifs is 1. The number of nitrogens with zero attached hydrogens (tertiary/aromatic N) is 2. The van der Waals surface area contributed by atoms with Gasteiger partial charge in [0.15, 0.2) is 0 Å². The van der Waals surface area contributed by atoms with Crippen molar-refractivity contribution >= 4 is 22.8 Å². The Balaban J connectivity index is 1.54. The molecule has 1 amide bonds. The normalized spacial score (nSPS) is 22.0. The number of rotatable bonds is 6. The van der Waals surface area contributed by atoms with Gasteiger partial charge in [-0.2, -0.15) is 0 Å². The van der Waals surface area contributed by atoms with Crippen molar-refractivity contribution in [1.82, 2.24) is 9.88 Å². The Morgan fingerprint density at radius 2 is 2.00 bits per heavy atom. The van der Waals surface area contributed by atoms with Crippen molar-refractivity contribution in [3.8, 4) is 0 Å². The Morgan fingerprint density at radius 1 is 1.18 bits per heavy atom. The molecule has 5 nitrogen and oxygen atoms in total. The van der Waals surface area contributed by atoms with Gasteiger partial charge < -0.3 is 9.64 Å². The van der Waals surface area contributed by atoms with Crippen LogP contribution in [0.5, 0.6) is 0 Å². The van der Waals surface area contributed by atoms with Gasteiger partial charge in [-0.25, -0.2) is 0 Å². The van der Waals surface area contributed by atoms with Crippen molar-refractivity contribution in [1.29, 1.82) is 0 Å². The second kappa shape index (κ2) is 8.29. The number of carbonyl (C=O) groups is 2. The monoisotopic (exact) mass is 380 g/mol. The highest BCUT2D eigenvalue weighted by atomic mass is 16.5. The molecule has 2 aromatic rings. The zero-order valence-corrected chi connectivity index (χ0v) is 16.5. The topological polar surface area (TPSA) is 59.5 Å². The van der Waals surface area contributed by atoms with Crippen LogP contribution in [0.15, 0.2) is 36.5 Å². The van der Waals surface area contributed by atoms with E-state index in [1.165, 1.54) is 19.3 Å². The summed E-state index contributed by atoms with van der Waals surface area (Å²) in [6.07, 6.45) is 8.28. The number of carbonyl (C=O) groups excluding carboxylic acids is 2. The maximum absolute atomic E-state index is 13.4. The van der Waals surface area contributed by atoms with Crippen LogP contribution in [0.25, 0.3) is 10.9 Å². The predicted molar refractivity (Wildman–Crippen MR) is 108 cm³/mol. The van der Waals surface area contributed by atoms with Gasteiger partial charge in [0, 0.05) is 29.7 Å². The number of esters is 1.